The summed E-state index contributed by atoms with van der Waals surface area (Å²) >= 11 is 3.18. The lowest BCUT2D eigenvalue weighted by molar-refractivity contribution is 0.562. The van der Waals surface area contributed by atoms with Gasteiger partial charge in [0, 0.05) is 10.5 Å². The van der Waals surface area contributed by atoms with Crippen LogP contribution in [0.25, 0.3) is 0 Å². The van der Waals surface area contributed by atoms with Gasteiger partial charge in [0.1, 0.15) is 0 Å². The first-order valence-corrected chi connectivity index (χ1v) is 6.89. The summed E-state index contributed by atoms with van der Waals surface area (Å²) in [4.78, 5) is 0.180. The molecule has 0 saturated heterocycles. The Morgan fingerprint density at radius 1 is 1.50 bits per heavy atom. The van der Waals surface area contributed by atoms with Crippen LogP contribution in [0.2, 0.25) is 0 Å². The standard InChI is InChI=1S/C10H11BrN2O2S/c1-8(6-7-12)13-16(14,15)10-5-3-2-4-9(10)11/h2-5,8,13H,6H2,1H3/t8-/m0/s1. The molecule has 1 aromatic rings. The summed E-state index contributed by atoms with van der Waals surface area (Å²) in [6.07, 6.45) is 0.143. The van der Waals surface area contributed by atoms with Crippen molar-refractivity contribution < 1.29 is 8.42 Å². The highest BCUT2D eigenvalue weighted by Crippen LogP contribution is 2.21. The van der Waals surface area contributed by atoms with Crippen LogP contribution in [0.3, 0.4) is 0 Å². The molecule has 0 aliphatic heterocycles. The van der Waals surface area contributed by atoms with Gasteiger partial charge in [0.05, 0.1) is 17.4 Å². The molecule has 0 aromatic heterocycles. The third kappa shape index (κ3) is 3.30. The van der Waals surface area contributed by atoms with Gasteiger partial charge >= 0.3 is 0 Å². The number of nitrogens with zero attached hydrogens (tertiary/aromatic N) is 1. The van der Waals surface area contributed by atoms with Crippen LogP contribution in [0, 0.1) is 11.3 Å². The number of sulfonamides is 1. The summed E-state index contributed by atoms with van der Waals surface area (Å²) < 4.78 is 26.7. The van der Waals surface area contributed by atoms with Crippen LogP contribution in [0.1, 0.15) is 13.3 Å². The van der Waals surface area contributed by atoms with E-state index in [0.717, 1.165) is 0 Å². The molecule has 0 aliphatic carbocycles. The summed E-state index contributed by atoms with van der Waals surface area (Å²) in [7, 11) is -3.56. The van der Waals surface area contributed by atoms with Crippen LogP contribution < -0.4 is 4.72 Å². The normalized spacial score (nSPS) is 13.1. The van der Waals surface area contributed by atoms with Crippen molar-refractivity contribution in [2.24, 2.45) is 0 Å². The van der Waals surface area contributed by atoms with Gasteiger partial charge in [0.2, 0.25) is 10.0 Å². The van der Waals surface area contributed by atoms with E-state index < -0.39 is 16.1 Å². The molecule has 0 bridgehead atoms. The molecule has 1 atom stereocenters. The number of hydrogen-bond donors (Lipinski definition) is 1. The van der Waals surface area contributed by atoms with Crippen molar-refractivity contribution in [3.8, 4) is 6.07 Å². The van der Waals surface area contributed by atoms with Gasteiger partial charge in [-0.3, -0.25) is 0 Å². The zero-order chi connectivity index (χ0) is 12.2. The second-order valence-corrected chi connectivity index (χ2v) is 5.85. The Morgan fingerprint density at radius 3 is 2.69 bits per heavy atom. The fourth-order valence-electron chi connectivity index (χ4n) is 1.17. The van der Waals surface area contributed by atoms with Crippen molar-refractivity contribution in [1.29, 1.82) is 5.26 Å². The molecule has 0 fully saturated rings. The van der Waals surface area contributed by atoms with Gasteiger partial charge in [-0.1, -0.05) is 12.1 Å². The minimum Gasteiger partial charge on any atom is -0.207 e. The van der Waals surface area contributed by atoms with E-state index in [-0.39, 0.29) is 11.3 Å². The number of nitriles is 1. The maximum Gasteiger partial charge on any atom is 0.241 e. The van der Waals surface area contributed by atoms with Gasteiger partial charge in [-0.25, -0.2) is 13.1 Å². The van der Waals surface area contributed by atoms with E-state index in [0.29, 0.717) is 4.47 Å². The summed E-state index contributed by atoms with van der Waals surface area (Å²) in [6, 6.07) is 8.06. The molecule has 0 spiro atoms. The molecule has 0 amide bonds. The first-order valence-electron chi connectivity index (χ1n) is 4.61. The van der Waals surface area contributed by atoms with E-state index in [4.69, 9.17) is 5.26 Å². The molecular formula is C10H11BrN2O2S. The molecule has 1 rings (SSSR count). The maximum atomic E-state index is 11.9. The zero-order valence-electron chi connectivity index (χ0n) is 8.64. The summed E-state index contributed by atoms with van der Waals surface area (Å²) in [5.74, 6) is 0. The highest BCUT2D eigenvalue weighted by Gasteiger charge is 2.19. The summed E-state index contributed by atoms with van der Waals surface area (Å²) in [6.45, 7) is 1.65. The molecule has 86 valence electrons. The van der Waals surface area contributed by atoms with Gasteiger partial charge in [0.25, 0.3) is 0 Å². The number of nitrogens with one attached hydrogen (secondary N) is 1. The first kappa shape index (κ1) is 13.2. The van der Waals surface area contributed by atoms with E-state index in [1.807, 2.05) is 6.07 Å². The lowest BCUT2D eigenvalue weighted by atomic mass is 10.3. The maximum absolute atomic E-state index is 11.9. The Morgan fingerprint density at radius 2 is 2.12 bits per heavy atom. The van der Waals surface area contributed by atoms with Crippen LogP contribution in [0.15, 0.2) is 33.6 Å². The third-order valence-corrected chi connectivity index (χ3v) is 4.48. The molecule has 0 heterocycles. The Hall–Kier alpha value is -0.900. The average molecular weight is 303 g/mol. The second kappa shape index (κ2) is 5.43. The van der Waals surface area contributed by atoms with Crippen LogP contribution >= 0.6 is 15.9 Å². The molecule has 0 saturated carbocycles. The molecule has 0 radical (unpaired) electrons. The molecule has 0 unspecified atom stereocenters. The van der Waals surface area contributed by atoms with Gasteiger partial charge < -0.3 is 0 Å². The van der Waals surface area contributed by atoms with Gasteiger partial charge in [-0.2, -0.15) is 5.26 Å². The fraction of sp³-hybridized carbons (Fsp3) is 0.300. The van der Waals surface area contributed by atoms with Crippen LogP contribution in [-0.2, 0) is 10.0 Å². The third-order valence-electron chi connectivity index (χ3n) is 1.88. The Balaban J connectivity index is 2.96. The highest BCUT2D eigenvalue weighted by molar-refractivity contribution is 9.10. The van der Waals surface area contributed by atoms with E-state index in [1.54, 1.807) is 25.1 Å². The smallest absolute Gasteiger partial charge is 0.207 e. The Kier molecular flexibility index (Phi) is 4.47. The van der Waals surface area contributed by atoms with Crippen molar-refractivity contribution in [3.63, 3.8) is 0 Å². The Labute approximate surface area is 103 Å². The lowest BCUT2D eigenvalue weighted by Crippen LogP contribution is -2.32. The molecule has 6 heteroatoms. The summed E-state index contributed by atoms with van der Waals surface area (Å²) in [5.41, 5.74) is 0. The predicted molar refractivity (Wildman–Crippen MR) is 64.2 cm³/mol. The van der Waals surface area contributed by atoms with E-state index in [9.17, 15) is 8.42 Å². The number of hydrogen-bond acceptors (Lipinski definition) is 3. The van der Waals surface area contributed by atoms with Crippen LogP contribution in [-0.4, -0.2) is 14.5 Å². The molecule has 4 nitrogen and oxygen atoms in total. The molecule has 0 aliphatic rings. The second-order valence-electron chi connectivity index (χ2n) is 3.31. The van der Waals surface area contributed by atoms with Gasteiger partial charge in [-0.05, 0) is 35.0 Å². The van der Waals surface area contributed by atoms with E-state index in [2.05, 4.69) is 20.7 Å². The van der Waals surface area contributed by atoms with E-state index >= 15 is 0 Å². The fourth-order valence-corrected chi connectivity index (χ4v) is 3.42. The molecule has 16 heavy (non-hydrogen) atoms. The molecule has 1 aromatic carbocycles. The van der Waals surface area contributed by atoms with E-state index in [1.165, 1.54) is 6.07 Å². The number of halogens is 1. The largest absolute Gasteiger partial charge is 0.241 e. The monoisotopic (exact) mass is 302 g/mol. The minimum absolute atomic E-state index is 0.143. The lowest BCUT2D eigenvalue weighted by Gasteiger charge is -2.11. The number of benzene rings is 1. The number of rotatable bonds is 4. The average Bonchev–Trinajstić information content (AvgIpc) is 2.17. The van der Waals surface area contributed by atoms with Gasteiger partial charge in [-0.15, -0.1) is 0 Å². The topological polar surface area (TPSA) is 70.0 Å². The summed E-state index contributed by atoms with van der Waals surface area (Å²) in [5, 5.41) is 8.46. The highest BCUT2D eigenvalue weighted by atomic mass is 79.9. The molecular weight excluding hydrogens is 292 g/mol. The van der Waals surface area contributed by atoms with Crippen molar-refractivity contribution in [2.75, 3.05) is 0 Å². The first-order chi connectivity index (χ1) is 7.47. The minimum atomic E-state index is -3.56. The molecule has 1 N–H and O–H groups in total. The van der Waals surface area contributed by atoms with Crippen molar-refractivity contribution >= 4 is 26.0 Å². The van der Waals surface area contributed by atoms with Crippen molar-refractivity contribution in [1.82, 2.24) is 4.72 Å². The van der Waals surface area contributed by atoms with Crippen LogP contribution in [0.4, 0.5) is 0 Å². The van der Waals surface area contributed by atoms with Crippen molar-refractivity contribution in [2.45, 2.75) is 24.3 Å². The Bertz CT molecular complexity index is 508. The SMILES string of the molecule is C[C@@H](CC#N)NS(=O)(=O)c1ccccc1Br. The predicted octanol–water partition coefficient (Wildman–Crippen LogP) is 2.03. The van der Waals surface area contributed by atoms with Crippen LogP contribution in [0.5, 0.6) is 0 Å². The zero-order valence-corrected chi connectivity index (χ0v) is 11.0. The van der Waals surface area contributed by atoms with Crippen molar-refractivity contribution in [3.05, 3.63) is 28.7 Å². The quantitative estimate of drug-likeness (QED) is 0.925. The van der Waals surface area contributed by atoms with Gasteiger partial charge in [0.15, 0.2) is 0 Å².